The number of ether oxygens (including phenoxy) is 1. The molecule has 1 N–H and O–H groups in total. The summed E-state index contributed by atoms with van der Waals surface area (Å²) in [6.45, 7) is 5.23. The number of benzene rings is 2. The lowest BCUT2D eigenvalue weighted by Crippen LogP contribution is -2.24. The maximum atomic E-state index is 12.4. The average Bonchev–Trinajstić information content (AvgIpc) is 3.17. The molecular weight excluding hydrogens is 328 g/mol. The summed E-state index contributed by atoms with van der Waals surface area (Å²) < 4.78 is 11.4. The summed E-state index contributed by atoms with van der Waals surface area (Å²) >= 11 is 0. The van der Waals surface area contributed by atoms with E-state index in [0.29, 0.717) is 35.9 Å². The van der Waals surface area contributed by atoms with Crippen molar-refractivity contribution < 1.29 is 13.9 Å². The highest BCUT2D eigenvalue weighted by Crippen LogP contribution is 2.29. The van der Waals surface area contributed by atoms with Crippen LogP contribution in [0.2, 0.25) is 0 Å². The monoisotopic (exact) mass is 350 g/mol. The molecule has 0 radical (unpaired) electrons. The molecule has 0 aliphatic carbocycles. The molecule has 3 aromatic rings. The minimum atomic E-state index is -0.122. The molecule has 2 aromatic carbocycles. The topological polar surface area (TPSA) is 64.4 Å². The van der Waals surface area contributed by atoms with E-state index in [1.807, 2.05) is 56.3 Å². The fourth-order valence-corrected chi connectivity index (χ4v) is 2.62. The first-order valence-corrected chi connectivity index (χ1v) is 8.79. The number of carbonyl (C=O) groups excluding carboxylic acids is 1. The van der Waals surface area contributed by atoms with Crippen LogP contribution in [-0.2, 0) is 0 Å². The Balaban J connectivity index is 1.87. The Bertz CT molecular complexity index is 869. The minimum Gasteiger partial charge on any atom is -0.494 e. The van der Waals surface area contributed by atoms with Crippen molar-refractivity contribution in [2.24, 2.45) is 0 Å². The second-order valence-corrected chi connectivity index (χ2v) is 5.79. The molecule has 0 saturated carbocycles. The van der Waals surface area contributed by atoms with Crippen LogP contribution < -0.4 is 10.1 Å². The number of hydrogen-bond donors (Lipinski definition) is 1. The molecule has 1 heterocycles. The van der Waals surface area contributed by atoms with Crippen LogP contribution in [0.5, 0.6) is 5.75 Å². The number of hydrogen-bond acceptors (Lipinski definition) is 4. The highest BCUT2D eigenvalue weighted by atomic mass is 16.5. The molecule has 5 heteroatoms. The fraction of sp³-hybridized carbons (Fsp3) is 0.238. The summed E-state index contributed by atoms with van der Waals surface area (Å²) in [7, 11) is 0. The van der Waals surface area contributed by atoms with Gasteiger partial charge in [0.05, 0.1) is 18.4 Å². The van der Waals surface area contributed by atoms with Crippen molar-refractivity contribution in [3.63, 3.8) is 0 Å². The summed E-state index contributed by atoms with van der Waals surface area (Å²) in [5.74, 6) is 1.76. The lowest BCUT2D eigenvalue weighted by Gasteiger charge is -2.07. The molecule has 0 bridgehead atoms. The predicted molar refractivity (Wildman–Crippen MR) is 101 cm³/mol. The van der Waals surface area contributed by atoms with Gasteiger partial charge in [0, 0.05) is 17.7 Å². The Morgan fingerprint density at radius 1 is 1.12 bits per heavy atom. The van der Waals surface area contributed by atoms with Gasteiger partial charge in [-0.15, -0.1) is 0 Å². The zero-order valence-electron chi connectivity index (χ0n) is 15.0. The number of nitrogens with one attached hydrogen (secondary N) is 1. The van der Waals surface area contributed by atoms with Crippen molar-refractivity contribution >= 4 is 5.91 Å². The predicted octanol–water partition coefficient (Wildman–Crippen LogP) is 4.55. The van der Waals surface area contributed by atoms with Crippen LogP contribution in [0.15, 0.2) is 59.1 Å². The third kappa shape index (κ3) is 3.94. The van der Waals surface area contributed by atoms with E-state index in [1.165, 1.54) is 0 Å². The third-order valence-electron chi connectivity index (χ3n) is 3.89. The van der Waals surface area contributed by atoms with E-state index in [0.717, 1.165) is 17.7 Å². The lowest BCUT2D eigenvalue weighted by atomic mass is 10.1. The van der Waals surface area contributed by atoms with Crippen LogP contribution in [0.1, 0.15) is 30.6 Å². The molecular formula is C21H22N2O3. The van der Waals surface area contributed by atoms with Gasteiger partial charge in [0.2, 0.25) is 5.89 Å². The largest absolute Gasteiger partial charge is 0.494 e. The van der Waals surface area contributed by atoms with Gasteiger partial charge in [-0.25, -0.2) is 4.98 Å². The van der Waals surface area contributed by atoms with E-state index in [9.17, 15) is 4.79 Å². The molecule has 0 atom stereocenters. The highest BCUT2D eigenvalue weighted by molar-refractivity contribution is 6.00. The van der Waals surface area contributed by atoms with E-state index in [4.69, 9.17) is 9.15 Å². The average molecular weight is 350 g/mol. The van der Waals surface area contributed by atoms with Gasteiger partial charge in [-0.05, 0) is 49.7 Å². The van der Waals surface area contributed by atoms with Crippen molar-refractivity contribution in [2.75, 3.05) is 13.2 Å². The summed E-state index contributed by atoms with van der Waals surface area (Å²) in [6, 6.07) is 15.0. The van der Waals surface area contributed by atoms with Gasteiger partial charge in [-0.2, -0.15) is 0 Å². The first-order valence-electron chi connectivity index (χ1n) is 8.79. The molecule has 0 aliphatic rings. The second-order valence-electron chi connectivity index (χ2n) is 5.79. The Labute approximate surface area is 153 Å². The quantitative estimate of drug-likeness (QED) is 0.679. The Morgan fingerprint density at radius 2 is 1.88 bits per heavy atom. The Hall–Kier alpha value is -3.08. The second kappa shape index (κ2) is 8.34. The van der Waals surface area contributed by atoms with Crippen LogP contribution in [-0.4, -0.2) is 24.0 Å². The Kier molecular flexibility index (Phi) is 5.69. The van der Waals surface area contributed by atoms with E-state index in [2.05, 4.69) is 10.3 Å². The summed E-state index contributed by atoms with van der Waals surface area (Å²) in [5.41, 5.74) is 2.14. The SMILES string of the molecule is CCCNC(=O)c1ccccc1-c1ncc(-c2ccc(OCC)cc2)o1. The van der Waals surface area contributed by atoms with Crippen LogP contribution in [0.25, 0.3) is 22.8 Å². The van der Waals surface area contributed by atoms with Crippen LogP contribution in [0.3, 0.4) is 0 Å². The van der Waals surface area contributed by atoms with Gasteiger partial charge < -0.3 is 14.5 Å². The van der Waals surface area contributed by atoms with Crippen molar-refractivity contribution in [2.45, 2.75) is 20.3 Å². The van der Waals surface area contributed by atoms with Gasteiger partial charge in [-0.1, -0.05) is 19.1 Å². The number of rotatable bonds is 7. The molecule has 3 rings (SSSR count). The molecule has 0 aliphatic heterocycles. The molecule has 134 valence electrons. The van der Waals surface area contributed by atoms with E-state index < -0.39 is 0 Å². The van der Waals surface area contributed by atoms with Crippen LogP contribution >= 0.6 is 0 Å². The van der Waals surface area contributed by atoms with Crippen LogP contribution in [0.4, 0.5) is 0 Å². The summed E-state index contributed by atoms with van der Waals surface area (Å²) in [4.78, 5) is 16.7. The maximum absolute atomic E-state index is 12.4. The van der Waals surface area contributed by atoms with Gasteiger partial charge in [0.1, 0.15) is 5.75 Å². The molecule has 1 amide bonds. The number of amides is 1. The van der Waals surface area contributed by atoms with Gasteiger partial charge >= 0.3 is 0 Å². The molecule has 0 spiro atoms. The number of aromatic nitrogens is 1. The standard InChI is InChI=1S/C21H22N2O3/c1-3-13-22-20(24)17-7-5-6-8-18(17)21-23-14-19(26-21)15-9-11-16(12-10-15)25-4-2/h5-12,14H,3-4,13H2,1-2H3,(H,22,24). The van der Waals surface area contributed by atoms with Gasteiger partial charge in [0.25, 0.3) is 5.91 Å². The van der Waals surface area contributed by atoms with E-state index in [-0.39, 0.29) is 5.91 Å². The maximum Gasteiger partial charge on any atom is 0.252 e. The summed E-state index contributed by atoms with van der Waals surface area (Å²) in [6.07, 6.45) is 2.56. The molecule has 0 saturated heterocycles. The number of carbonyl (C=O) groups is 1. The first kappa shape index (κ1) is 17.7. The van der Waals surface area contributed by atoms with Gasteiger partial charge in [-0.3, -0.25) is 4.79 Å². The Morgan fingerprint density at radius 3 is 2.62 bits per heavy atom. The molecule has 1 aromatic heterocycles. The van der Waals surface area contributed by atoms with Crippen molar-refractivity contribution in [3.8, 4) is 28.5 Å². The molecule has 5 nitrogen and oxygen atoms in total. The van der Waals surface area contributed by atoms with E-state index >= 15 is 0 Å². The van der Waals surface area contributed by atoms with Crippen molar-refractivity contribution in [1.82, 2.24) is 10.3 Å². The first-order chi connectivity index (χ1) is 12.7. The fourth-order valence-electron chi connectivity index (χ4n) is 2.62. The van der Waals surface area contributed by atoms with Crippen molar-refractivity contribution in [3.05, 3.63) is 60.3 Å². The van der Waals surface area contributed by atoms with Crippen molar-refractivity contribution in [1.29, 1.82) is 0 Å². The molecule has 0 unspecified atom stereocenters. The van der Waals surface area contributed by atoms with Crippen LogP contribution in [0, 0.1) is 0 Å². The number of oxazole rings is 1. The molecule has 0 fully saturated rings. The lowest BCUT2D eigenvalue weighted by molar-refractivity contribution is 0.0954. The zero-order valence-corrected chi connectivity index (χ0v) is 15.0. The van der Waals surface area contributed by atoms with Gasteiger partial charge in [0.15, 0.2) is 5.76 Å². The summed E-state index contributed by atoms with van der Waals surface area (Å²) in [5, 5.41) is 2.89. The zero-order chi connectivity index (χ0) is 18.4. The number of nitrogens with zero attached hydrogens (tertiary/aromatic N) is 1. The molecule has 26 heavy (non-hydrogen) atoms. The highest BCUT2D eigenvalue weighted by Gasteiger charge is 2.16. The van der Waals surface area contributed by atoms with E-state index in [1.54, 1.807) is 12.3 Å². The smallest absolute Gasteiger partial charge is 0.252 e. The third-order valence-corrected chi connectivity index (χ3v) is 3.89. The minimum absolute atomic E-state index is 0.122. The normalized spacial score (nSPS) is 10.5.